The number of aromatic nitrogens is 1. The summed E-state index contributed by atoms with van der Waals surface area (Å²) in [5.41, 5.74) is 2.15. The van der Waals surface area contributed by atoms with Crippen molar-refractivity contribution in [2.75, 3.05) is 11.6 Å². The van der Waals surface area contributed by atoms with E-state index in [9.17, 15) is 13.2 Å². The van der Waals surface area contributed by atoms with E-state index in [0.717, 1.165) is 11.8 Å². The smallest absolute Gasteiger partial charge is 0.253 e. The van der Waals surface area contributed by atoms with Gasteiger partial charge in [-0.2, -0.15) is 0 Å². The van der Waals surface area contributed by atoms with Crippen molar-refractivity contribution >= 4 is 48.5 Å². The summed E-state index contributed by atoms with van der Waals surface area (Å²) >= 11 is 1.24. The van der Waals surface area contributed by atoms with Gasteiger partial charge in [-0.3, -0.25) is 10.1 Å². The Balaban J connectivity index is 1.83. The summed E-state index contributed by atoms with van der Waals surface area (Å²) in [5, 5.41) is 3.20. The molecule has 3 rings (SSSR count). The number of fused-ring (bicyclic) bond motifs is 1. The van der Waals surface area contributed by atoms with Crippen LogP contribution in [0.15, 0.2) is 59.0 Å². The minimum Gasteiger partial charge on any atom is -0.298 e. The first kappa shape index (κ1) is 17.3. The summed E-state index contributed by atoms with van der Waals surface area (Å²) in [6, 6.07) is 14.3. The molecule has 7 heteroatoms. The zero-order chi connectivity index (χ0) is 18.0. The van der Waals surface area contributed by atoms with Gasteiger partial charge >= 0.3 is 0 Å². The van der Waals surface area contributed by atoms with E-state index >= 15 is 0 Å². The second kappa shape index (κ2) is 6.78. The Labute approximate surface area is 150 Å². The van der Waals surface area contributed by atoms with E-state index < -0.39 is 9.84 Å². The molecule has 2 aromatic carbocycles. The quantitative estimate of drug-likeness (QED) is 0.708. The summed E-state index contributed by atoms with van der Waals surface area (Å²) in [7, 11) is -3.27. The van der Waals surface area contributed by atoms with Crippen LogP contribution >= 0.6 is 11.3 Å². The van der Waals surface area contributed by atoms with Gasteiger partial charge in [0.15, 0.2) is 15.0 Å². The first-order chi connectivity index (χ1) is 11.8. The van der Waals surface area contributed by atoms with Crippen molar-refractivity contribution in [1.29, 1.82) is 0 Å². The number of anilines is 1. The number of hydrogen-bond acceptors (Lipinski definition) is 5. The maximum absolute atomic E-state index is 12.3. The van der Waals surface area contributed by atoms with Gasteiger partial charge in [0.1, 0.15) is 0 Å². The number of amides is 1. The Morgan fingerprint density at radius 2 is 1.88 bits per heavy atom. The number of nitrogens with one attached hydrogen (secondary N) is 1. The Morgan fingerprint density at radius 3 is 2.56 bits per heavy atom. The van der Waals surface area contributed by atoms with Gasteiger partial charge < -0.3 is 0 Å². The van der Waals surface area contributed by atoms with Crippen molar-refractivity contribution in [3.63, 3.8) is 0 Å². The van der Waals surface area contributed by atoms with Crippen molar-refractivity contribution in [1.82, 2.24) is 4.98 Å². The van der Waals surface area contributed by atoms with Crippen LogP contribution in [0.4, 0.5) is 5.13 Å². The normalized spacial score (nSPS) is 12.3. The van der Waals surface area contributed by atoms with E-state index in [-0.39, 0.29) is 10.8 Å². The van der Waals surface area contributed by atoms with Crippen LogP contribution in [0.1, 0.15) is 12.5 Å². The average molecular weight is 372 g/mol. The molecule has 0 radical (unpaired) electrons. The van der Waals surface area contributed by atoms with E-state index in [0.29, 0.717) is 20.9 Å². The fourth-order valence-electron chi connectivity index (χ4n) is 2.25. The predicted molar refractivity (Wildman–Crippen MR) is 101 cm³/mol. The molecule has 0 saturated heterocycles. The maximum Gasteiger partial charge on any atom is 0.253 e. The lowest BCUT2D eigenvalue weighted by Gasteiger charge is -2.01. The molecule has 0 spiro atoms. The van der Waals surface area contributed by atoms with Crippen LogP contribution in [0.3, 0.4) is 0 Å². The van der Waals surface area contributed by atoms with E-state index in [4.69, 9.17) is 0 Å². The highest BCUT2D eigenvalue weighted by Crippen LogP contribution is 2.28. The van der Waals surface area contributed by atoms with Crippen LogP contribution in [0, 0.1) is 0 Å². The van der Waals surface area contributed by atoms with Gasteiger partial charge in [0.05, 0.1) is 15.1 Å². The number of benzene rings is 2. The fraction of sp³-hybridized carbons (Fsp3) is 0.111. The summed E-state index contributed by atoms with van der Waals surface area (Å²) in [5.74, 6) is -0.244. The first-order valence-corrected chi connectivity index (χ1v) is 10.2. The van der Waals surface area contributed by atoms with Gasteiger partial charge in [-0.1, -0.05) is 41.7 Å². The minimum absolute atomic E-state index is 0.238. The Kier molecular flexibility index (Phi) is 4.69. The molecule has 0 fully saturated rings. The third-order valence-corrected chi connectivity index (χ3v) is 5.59. The molecule has 1 N–H and O–H groups in total. The number of thiazole rings is 1. The van der Waals surface area contributed by atoms with Crippen LogP contribution in [0.25, 0.3) is 16.3 Å². The third-order valence-electron chi connectivity index (χ3n) is 3.55. The lowest BCUT2D eigenvalue weighted by molar-refractivity contribution is -0.112. The third kappa shape index (κ3) is 4.12. The zero-order valence-corrected chi connectivity index (χ0v) is 15.3. The van der Waals surface area contributed by atoms with Crippen molar-refractivity contribution in [3.8, 4) is 0 Å². The van der Waals surface area contributed by atoms with Crippen molar-refractivity contribution in [2.45, 2.75) is 11.8 Å². The van der Waals surface area contributed by atoms with E-state index in [1.165, 1.54) is 17.4 Å². The maximum atomic E-state index is 12.3. The number of carbonyl (C=O) groups excluding carboxylic acids is 1. The van der Waals surface area contributed by atoms with Crippen LogP contribution in [-0.4, -0.2) is 25.6 Å². The molecule has 0 saturated carbocycles. The predicted octanol–water partition coefficient (Wildman–Crippen LogP) is 3.74. The summed E-state index contributed by atoms with van der Waals surface area (Å²) < 4.78 is 24.0. The topological polar surface area (TPSA) is 76.1 Å². The van der Waals surface area contributed by atoms with Gasteiger partial charge in [0.25, 0.3) is 5.91 Å². The second-order valence-corrected chi connectivity index (χ2v) is 8.66. The standard InChI is InChI=1S/C18H16N2O3S2/c1-12(10-13-6-4-3-5-7-13)17(21)20-18-19-15-9-8-14(25(2,22)23)11-16(15)24-18/h3-11H,1-2H3,(H,19,20,21)/b12-10+. The fourth-order valence-corrected chi connectivity index (χ4v) is 3.87. The van der Waals surface area contributed by atoms with Crippen LogP contribution in [-0.2, 0) is 14.6 Å². The van der Waals surface area contributed by atoms with E-state index in [2.05, 4.69) is 10.3 Å². The highest BCUT2D eigenvalue weighted by Gasteiger charge is 2.12. The Morgan fingerprint density at radius 1 is 1.16 bits per heavy atom. The Hall–Kier alpha value is -2.51. The van der Waals surface area contributed by atoms with Gasteiger partial charge in [0.2, 0.25) is 0 Å². The molecule has 3 aromatic rings. The van der Waals surface area contributed by atoms with Gasteiger partial charge in [-0.05, 0) is 36.8 Å². The number of nitrogens with zero attached hydrogens (tertiary/aromatic N) is 1. The molecule has 0 aliphatic carbocycles. The average Bonchev–Trinajstić information content (AvgIpc) is 2.96. The van der Waals surface area contributed by atoms with Crippen molar-refractivity contribution in [3.05, 3.63) is 59.7 Å². The molecule has 0 unspecified atom stereocenters. The van der Waals surface area contributed by atoms with E-state index in [1.54, 1.807) is 25.1 Å². The second-order valence-electron chi connectivity index (χ2n) is 5.61. The highest BCUT2D eigenvalue weighted by molar-refractivity contribution is 7.90. The molecule has 1 amide bonds. The monoisotopic (exact) mass is 372 g/mol. The van der Waals surface area contributed by atoms with Crippen LogP contribution in [0.2, 0.25) is 0 Å². The van der Waals surface area contributed by atoms with Gasteiger partial charge in [-0.25, -0.2) is 13.4 Å². The van der Waals surface area contributed by atoms with Crippen LogP contribution in [0.5, 0.6) is 0 Å². The SMILES string of the molecule is C/C(=C\c1ccccc1)C(=O)Nc1nc2ccc(S(C)(=O)=O)cc2s1. The molecule has 5 nitrogen and oxygen atoms in total. The first-order valence-electron chi connectivity index (χ1n) is 7.48. The molecule has 128 valence electrons. The molecular formula is C18H16N2O3S2. The van der Waals surface area contributed by atoms with Gasteiger partial charge in [-0.15, -0.1) is 0 Å². The number of hydrogen-bond donors (Lipinski definition) is 1. The summed E-state index contributed by atoms with van der Waals surface area (Å²) in [4.78, 5) is 16.9. The zero-order valence-electron chi connectivity index (χ0n) is 13.7. The summed E-state index contributed by atoms with van der Waals surface area (Å²) in [6.07, 6.45) is 2.96. The number of sulfone groups is 1. The molecule has 0 aliphatic heterocycles. The number of rotatable bonds is 4. The lowest BCUT2D eigenvalue weighted by Crippen LogP contribution is -2.12. The molecule has 1 aromatic heterocycles. The molecule has 0 aliphatic rings. The molecule has 0 atom stereocenters. The minimum atomic E-state index is -3.27. The lowest BCUT2D eigenvalue weighted by atomic mass is 10.1. The van der Waals surface area contributed by atoms with Crippen molar-refractivity contribution in [2.24, 2.45) is 0 Å². The van der Waals surface area contributed by atoms with Gasteiger partial charge in [0, 0.05) is 11.8 Å². The number of carbonyl (C=O) groups is 1. The Bertz CT molecular complexity index is 1070. The molecule has 1 heterocycles. The molecule has 0 bridgehead atoms. The van der Waals surface area contributed by atoms with Crippen LogP contribution < -0.4 is 5.32 Å². The highest BCUT2D eigenvalue weighted by atomic mass is 32.2. The molecule has 25 heavy (non-hydrogen) atoms. The van der Waals surface area contributed by atoms with E-state index in [1.807, 2.05) is 30.3 Å². The largest absolute Gasteiger partial charge is 0.298 e. The van der Waals surface area contributed by atoms with Crippen molar-refractivity contribution < 1.29 is 13.2 Å². The molecular weight excluding hydrogens is 356 g/mol. The summed E-state index contributed by atoms with van der Waals surface area (Å²) in [6.45, 7) is 1.73.